The first kappa shape index (κ1) is 12.3. The molecule has 0 aromatic carbocycles. The zero-order chi connectivity index (χ0) is 10.2. The first-order chi connectivity index (χ1) is 6.88. The predicted octanol–water partition coefficient (Wildman–Crippen LogP) is 0.660. The van der Waals surface area contributed by atoms with Gasteiger partial charge in [-0.25, -0.2) is 0 Å². The molecule has 1 aliphatic heterocycles. The third kappa shape index (κ3) is 4.17. The minimum atomic E-state index is 0.545. The monoisotopic (exact) mass is 218 g/mol. The van der Waals surface area contributed by atoms with Crippen molar-refractivity contribution in [1.82, 2.24) is 10.2 Å². The van der Waals surface area contributed by atoms with E-state index in [0.717, 1.165) is 13.2 Å². The number of hydrogen-bond acceptors (Lipinski definition) is 4. The summed E-state index contributed by atoms with van der Waals surface area (Å²) in [5.41, 5.74) is 0. The van der Waals surface area contributed by atoms with Crippen molar-refractivity contribution < 1.29 is 4.74 Å². The van der Waals surface area contributed by atoms with Crippen LogP contribution in [0.5, 0.6) is 0 Å². The third-order valence-corrected chi connectivity index (χ3v) is 3.62. The van der Waals surface area contributed by atoms with E-state index in [0.29, 0.717) is 6.04 Å². The fourth-order valence-electron chi connectivity index (χ4n) is 1.85. The van der Waals surface area contributed by atoms with E-state index < -0.39 is 0 Å². The van der Waals surface area contributed by atoms with Crippen LogP contribution in [0.15, 0.2) is 0 Å². The van der Waals surface area contributed by atoms with Crippen LogP contribution in [0.1, 0.15) is 6.42 Å². The van der Waals surface area contributed by atoms with E-state index in [4.69, 9.17) is 4.74 Å². The number of ether oxygens (including phenoxy) is 1. The Hall–Kier alpha value is 0.230. The van der Waals surface area contributed by atoms with Crippen LogP contribution < -0.4 is 5.32 Å². The lowest BCUT2D eigenvalue weighted by Gasteiger charge is -2.29. The number of nitrogens with one attached hydrogen (secondary N) is 1. The molecule has 0 aliphatic carbocycles. The number of hydrogen-bond donors (Lipinski definition) is 1. The largest absolute Gasteiger partial charge is 0.383 e. The molecule has 1 unspecified atom stereocenters. The highest BCUT2D eigenvalue weighted by Crippen LogP contribution is 2.12. The molecule has 0 aromatic rings. The molecule has 0 aromatic heterocycles. The summed E-state index contributed by atoms with van der Waals surface area (Å²) in [4.78, 5) is 2.56. The van der Waals surface area contributed by atoms with Gasteiger partial charge in [0.1, 0.15) is 0 Å². The van der Waals surface area contributed by atoms with Gasteiger partial charge < -0.3 is 10.1 Å². The zero-order valence-electron chi connectivity index (χ0n) is 9.29. The summed E-state index contributed by atoms with van der Waals surface area (Å²) in [5, 5.41) is 3.24. The normalized spacial score (nSPS) is 21.9. The maximum absolute atomic E-state index is 5.26. The van der Waals surface area contributed by atoms with Crippen LogP contribution >= 0.6 is 11.8 Å². The highest BCUT2D eigenvalue weighted by molar-refractivity contribution is 7.99. The number of methoxy groups -OCH3 is 1. The predicted molar refractivity (Wildman–Crippen MR) is 63.1 cm³/mol. The molecule has 1 aliphatic rings. The van der Waals surface area contributed by atoms with Gasteiger partial charge in [0.05, 0.1) is 6.61 Å². The number of nitrogens with zero attached hydrogens (tertiary/aromatic N) is 1. The fraction of sp³-hybridized carbons (Fsp3) is 1.00. The van der Waals surface area contributed by atoms with E-state index in [1.807, 2.05) is 7.05 Å². The van der Waals surface area contributed by atoms with Crippen LogP contribution in [0.25, 0.3) is 0 Å². The average molecular weight is 218 g/mol. The molecule has 0 amide bonds. The van der Waals surface area contributed by atoms with Gasteiger partial charge in [-0.2, -0.15) is 11.8 Å². The molecule has 0 bridgehead atoms. The second kappa shape index (κ2) is 7.51. The number of thioether (sulfide) groups is 1. The van der Waals surface area contributed by atoms with Crippen LogP contribution in [0.4, 0.5) is 0 Å². The second-order valence-corrected chi connectivity index (χ2v) is 4.89. The molecular weight excluding hydrogens is 196 g/mol. The summed E-state index contributed by atoms with van der Waals surface area (Å²) < 4.78 is 5.26. The van der Waals surface area contributed by atoms with Gasteiger partial charge in [0, 0.05) is 32.0 Å². The molecule has 84 valence electrons. The van der Waals surface area contributed by atoms with E-state index in [9.17, 15) is 0 Å². The molecule has 0 radical (unpaired) electrons. The summed E-state index contributed by atoms with van der Waals surface area (Å²) in [6, 6.07) is 0.545. The van der Waals surface area contributed by atoms with Crippen molar-refractivity contribution >= 4 is 11.8 Å². The Morgan fingerprint density at radius 2 is 2.29 bits per heavy atom. The fourth-order valence-corrected chi connectivity index (χ4v) is 2.75. The van der Waals surface area contributed by atoms with Crippen molar-refractivity contribution in [3.05, 3.63) is 0 Å². The smallest absolute Gasteiger partial charge is 0.0630 e. The summed E-state index contributed by atoms with van der Waals surface area (Å²) in [7, 11) is 3.80. The lowest BCUT2D eigenvalue weighted by atomic mass is 10.2. The molecule has 1 atom stereocenters. The Kier molecular flexibility index (Phi) is 6.60. The van der Waals surface area contributed by atoms with E-state index in [-0.39, 0.29) is 0 Å². The minimum absolute atomic E-state index is 0.545. The van der Waals surface area contributed by atoms with Gasteiger partial charge in [-0.05, 0) is 25.8 Å². The van der Waals surface area contributed by atoms with Gasteiger partial charge in [-0.1, -0.05) is 0 Å². The Morgan fingerprint density at radius 3 is 3.00 bits per heavy atom. The van der Waals surface area contributed by atoms with E-state index in [1.54, 1.807) is 7.11 Å². The van der Waals surface area contributed by atoms with Crippen molar-refractivity contribution in [2.75, 3.05) is 51.9 Å². The lowest BCUT2D eigenvalue weighted by Crippen LogP contribution is -2.45. The third-order valence-electron chi connectivity index (χ3n) is 2.57. The van der Waals surface area contributed by atoms with E-state index in [1.165, 1.54) is 31.0 Å². The molecule has 3 nitrogen and oxygen atoms in total. The first-order valence-corrected chi connectivity index (χ1v) is 6.49. The molecule has 1 fully saturated rings. The Morgan fingerprint density at radius 1 is 1.43 bits per heavy atom. The quantitative estimate of drug-likeness (QED) is 0.733. The van der Waals surface area contributed by atoms with Crippen LogP contribution in [-0.4, -0.2) is 62.8 Å². The molecule has 1 rings (SSSR count). The molecule has 1 heterocycles. The maximum Gasteiger partial charge on any atom is 0.0630 e. The van der Waals surface area contributed by atoms with Crippen molar-refractivity contribution in [1.29, 1.82) is 0 Å². The highest BCUT2D eigenvalue weighted by Gasteiger charge is 2.18. The van der Waals surface area contributed by atoms with Crippen LogP contribution in [0.3, 0.4) is 0 Å². The van der Waals surface area contributed by atoms with Crippen LogP contribution in [0, 0.1) is 0 Å². The van der Waals surface area contributed by atoms with Crippen LogP contribution in [0.2, 0.25) is 0 Å². The Balaban J connectivity index is 2.38. The summed E-state index contributed by atoms with van der Waals surface area (Å²) >= 11 is 2.07. The molecular formula is C10H22N2OS. The van der Waals surface area contributed by atoms with Crippen molar-refractivity contribution in [2.24, 2.45) is 0 Å². The van der Waals surface area contributed by atoms with Gasteiger partial charge in [0.2, 0.25) is 0 Å². The Labute approximate surface area is 91.6 Å². The molecule has 0 spiro atoms. The lowest BCUT2D eigenvalue weighted by molar-refractivity contribution is 0.0952. The molecule has 1 saturated heterocycles. The minimum Gasteiger partial charge on any atom is -0.383 e. The average Bonchev–Trinajstić information content (AvgIpc) is 2.45. The van der Waals surface area contributed by atoms with E-state index >= 15 is 0 Å². The molecule has 0 saturated carbocycles. The summed E-state index contributed by atoms with van der Waals surface area (Å²) in [6.45, 7) is 4.30. The van der Waals surface area contributed by atoms with Crippen molar-refractivity contribution in [3.8, 4) is 0 Å². The topological polar surface area (TPSA) is 24.5 Å². The van der Waals surface area contributed by atoms with Gasteiger partial charge in [0.15, 0.2) is 0 Å². The van der Waals surface area contributed by atoms with Gasteiger partial charge in [-0.3, -0.25) is 4.90 Å². The zero-order valence-corrected chi connectivity index (χ0v) is 10.1. The number of likely N-dealkylation sites (N-methyl/N-ethyl adjacent to an activating group) is 1. The number of rotatable bonds is 5. The molecule has 4 heteroatoms. The SMILES string of the molecule is CNCC(COC)N1CCCSCC1. The van der Waals surface area contributed by atoms with Crippen LogP contribution in [-0.2, 0) is 4.74 Å². The second-order valence-electron chi connectivity index (χ2n) is 3.67. The first-order valence-electron chi connectivity index (χ1n) is 5.33. The summed E-state index contributed by atoms with van der Waals surface area (Å²) in [6.07, 6.45) is 1.31. The van der Waals surface area contributed by atoms with Crippen molar-refractivity contribution in [3.63, 3.8) is 0 Å². The molecule has 1 N–H and O–H groups in total. The van der Waals surface area contributed by atoms with E-state index in [2.05, 4.69) is 22.0 Å². The molecule has 14 heavy (non-hydrogen) atoms. The Bertz CT molecular complexity index is 132. The standard InChI is InChI=1S/C10H22N2OS/c1-11-8-10(9-13-2)12-4-3-6-14-7-5-12/h10-11H,3-9H2,1-2H3. The van der Waals surface area contributed by atoms with Crippen molar-refractivity contribution in [2.45, 2.75) is 12.5 Å². The summed E-state index contributed by atoms with van der Waals surface area (Å²) in [5.74, 6) is 2.58. The van der Waals surface area contributed by atoms with Gasteiger partial charge >= 0.3 is 0 Å². The van der Waals surface area contributed by atoms with Gasteiger partial charge in [0.25, 0.3) is 0 Å². The maximum atomic E-state index is 5.26. The highest BCUT2D eigenvalue weighted by atomic mass is 32.2. The van der Waals surface area contributed by atoms with Gasteiger partial charge in [-0.15, -0.1) is 0 Å².